The normalized spacial score (nSPS) is 11.3. The number of carbonyl (C=O) groups excluding carboxylic acids is 1. The van der Waals surface area contributed by atoms with Gasteiger partial charge in [0.25, 0.3) is 0 Å². The summed E-state index contributed by atoms with van der Waals surface area (Å²) < 4.78 is 11.5. The van der Waals surface area contributed by atoms with E-state index >= 15 is 0 Å². The number of tetrazole rings is 1. The van der Waals surface area contributed by atoms with Gasteiger partial charge in [0.05, 0.1) is 12.8 Å². The molecule has 258 valence electrons. The fraction of sp³-hybridized carbons (Fsp3) is 0.159. The van der Waals surface area contributed by atoms with Crippen molar-refractivity contribution in [2.75, 3.05) is 7.11 Å². The number of rotatable bonds is 12. The van der Waals surface area contributed by atoms with Gasteiger partial charge in [-0.15, -0.1) is 15.0 Å². The van der Waals surface area contributed by atoms with Crippen LogP contribution in [0.2, 0.25) is 0 Å². The Morgan fingerprint density at radius 2 is 1.25 bits per heavy atom. The minimum absolute atomic E-state index is 0.211. The molecule has 0 saturated heterocycles. The summed E-state index contributed by atoms with van der Waals surface area (Å²) in [7, 11) is 1.37. The van der Waals surface area contributed by atoms with E-state index in [-0.39, 0.29) is 6.61 Å². The maximum absolute atomic E-state index is 12.8. The van der Waals surface area contributed by atoms with Gasteiger partial charge in [-0.2, -0.15) is 0 Å². The lowest BCUT2D eigenvalue weighted by molar-refractivity contribution is 0.0594. The Balaban J connectivity index is 1.32. The average molecular weight is 686 g/mol. The van der Waals surface area contributed by atoms with Gasteiger partial charge in [0.2, 0.25) is 5.82 Å². The molecule has 0 saturated carbocycles. The second-order valence-corrected chi connectivity index (χ2v) is 12.5. The molecule has 0 aliphatic rings. The number of pyridine rings is 1. The molecule has 0 spiro atoms. The van der Waals surface area contributed by atoms with E-state index in [1.807, 2.05) is 104 Å². The van der Waals surface area contributed by atoms with Gasteiger partial charge in [-0.3, -0.25) is 4.98 Å². The minimum Gasteiger partial charge on any atom is -0.488 e. The van der Waals surface area contributed by atoms with Crippen LogP contribution < -0.4 is 4.74 Å². The Hall–Kier alpha value is -6.41. The highest BCUT2D eigenvalue weighted by Gasteiger charge is 2.41. The molecular formula is C44H39N5O3. The zero-order chi connectivity index (χ0) is 35.9. The topological polar surface area (TPSA) is 92.0 Å². The lowest BCUT2D eigenvalue weighted by atomic mass is 9.77. The number of hydrogen-bond donors (Lipinski definition) is 0. The number of hydrogen-bond acceptors (Lipinski definition) is 7. The second-order valence-electron chi connectivity index (χ2n) is 12.5. The van der Waals surface area contributed by atoms with Crippen molar-refractivity contribution >= 4 is 5.97 Å². The Morgan fingerprint density at radius 1 is 0.712 bits per heavy atom. The largest absolute Gasteiger partial charge is 0.488 e. The first-order valence-corrected chi connectivity index (χ1v) is 17.4. The van der Waals surface area contributed by atoms with Crippen LogP contribution in [0.25, 0.3) is 22.5 Å². The van der Waals surface area contributed by atoms with Crippen LogP contribution in [0.3, 0.4) is 0 Å². The molecule has 0 atom stereocenters. The van der Waals surface area contributed by atoms with Crippen LogP contribution in [-0.2, 0) is 23.3 Å². The van der Waals surface area contributed by atoms with Crippen LogP contribution in [0.4, 0.5) is 0 Å². The van der Waals surface area contributed by atoms with Gasteiger partial charge in [0.1, 0.15) is 17.9 Å². The number of nitrogens with zero attached hydrogens (tertiary/aromatic N) is 5. The molecular weight excluding hydrogens is 647 g/mol. The monoisotopic (exact) mass is 685 g/mol. The standard InChI is InChI=1S/C44H39N5O3/c1-4-18-36-29-40(41(31(2)45-36)43(50)51-3)52-30-32-19-14-15-26-37(32)38-27-16-17-28-39(38)42-46-48-49(47-42)44(33-20-8-5-9-21-33,34-22-10-6-11-23-34)35-24-12-7-13-25-35/h5-17,19-29H,4,18,30H2,1-3H3. The molecule has 0 fully saturated rings. The van der Waals surface area contributed by atoms with Gasteiger partial charge in [-0.05, 0) is 51.9 Å². The molecule has 0 unspecified atom stereocenters. The molecule has 0 aliphatic heterocycles. The quantitative estimate of drug-likeness (QED) is 0.0937. The molecule has 52 heavy (non-hydrogen) atoms. The highest BCUT2D eigenvalue weighted by Crippen LogP contribution is 2.41. The number of esters is 1. The molecule has 0 bridgehead atoms. The van der Waals surface area contributed by atoms with E-state index in [4.69, 9.17) is 24.9 Å². The third kappa shape index (κ3) is 6.47. The number of carbonyl (C=O) groups is 1. The third-order valence-corrected chi connectivity index (χ3v) is 9.26. The summed E-state index contributed by atoms with van der Waals surface area (Å²) in [5.74, 6) is 0.462. The van der Waals surface area contributed by atoms with E-state index in [0.717, 1.165) is 57.5 Å². The smallest absolute Gasteiger partial charge is 0.343 e. The summed E-state index contributed by atoms with van der Waals surface area (Å²) >= 11 is 0. The van der Waals surface area contributed by atoms with Gasteiger partial charge in [-0.1, -0.05) is 153 Å². The molecule has 0 radical (unpaired) electrons. The van der Waals surface area contributed by atoms with E-state index in [0.29, 0.717) is 22.8 Å². The number of aromatic nitrogens is 5. The maximum Gasteiger partial charge on any atom is 0.343 e. The predicted octanol–water partition coefficient (Wildman–Crippen LogP) is 8.87. The van der Waals surface area contributed by atoms with Crippen LogP contribution in [0.15, 0.2) is 146 Å². The Morgan fingerprint density at radius 3 is 1.83 bits per heavy atom. The molecule has 5 aromatic carbocycles. The van der Waals surface area contributed by atoms with Crippen molar-refractivity contribution in [1.29, 1.82) is 0 Å². The SMILES string of the molecule is CCCc1cc(OCc2ccccc2-c2ccccc2-c2nnn(C(c3ccccc3)(c3ccccc3)c3ccccc3)n2)c(C(=O)OC)c(C)n1. The van der Waals surface area contributed by atoms with E-state index in [1.54, 1.807) is 4.80 Å². The van der Waals surface area contributed by atoms with Crippen molar-refractivity contribution in [2.45, 2.75) is 38.8 Å². The van der Waals surface area contributed by atoms with Crippen molar-refractivity contribution in [3.63, 3.8) is 0 Å². The first kappa shape index (κ1) is 34.1. The van der Waals surface area contributed by atoms with Crippen molar-refractivity contribution in [1.82, 2.24) is 25.2 Å². The lowest BCUT2D eigenvalue weighted by Gasteiger charge is -2.34. The molecule has 0 N–H and O–H groups in total. The molecule has 0 amide bonds. The van der Waals surface area contributed by atoms with Gasteiger partial charge in [0, 0.05) is 17.3 Å². The summed E-state index contributed by atoms with van der Waals surface area (Å²) in [6.45, 7) is 4.12. The fourth-order valence-electron chi connectivity index (χ4n) is 6.88. The van der Waals surface area contributed by atoms with Crippen LogP contribution in [-0.4, -0.2) is 38.3 Å². The van der Waals surface area contributed by atoms with E-state index in [1.165, 1.54) is 7.11 Å². The number of benzene rings is 5. The van der Waals surface area contributed by atoms with Crippen molar-refractivity contribution in [3.05, 3.63) is 185 Å². The number of aryl methyl sites for hydroxylation is 2. The third-order valence-electron chi connectivity index (χ3n) is 9.26. The molecule has 8 nitrogen and oxygen atoms in total. The Labute approximate surface area is 303 Å². The summed E-state index contributed by atoms with van der Waals surface area (Å²) in [6, 6.07) is 48.9. The maximum atomic E-state index is 12.8. The van der Waals surface area contributed by atoms with Crippen molar-refractivity contribution < 1.29 is 14.3 Å². The van der Waals surface area contributed by atoms with Crippen LogP contribution in [0.5, 0.6) is 5.75 Å². The van der Waals surface area contributed by atoms with E-state index < -0.39 is 11.5 Å². The summed E-state index contributed by atoms with van der Waals surface area (Å²) in [6.07, 6.45) is 1.70. The van der Waals surface area contributed by atoms with Crippen LogP contribution in [0.1, 0.15) is 57.3 Å². The van der Waals surface area contributed by atoms with E-state index in [2.05, 4.69) is 60.4 Å². The van der Waals surface area contributed by atoms with Gasteiger partial charge in [0.15, 0.2) is 5.54 Å². The summed E-state index contributed by atoms with van der Waals surface area (Å²) in [5.41, 5.74) is 7.54. The molecule has 8 heteroatoms. The zero-order valence-electron chi connectivity index (χ0n) is 29.4. The lowest BCUT2D eigenvalue weighted by Crippen LogP contribution is -2.39. The second kappa shape index (κ2) is 15.2. The molecule has 7 rings (SSSR count). The molecule has 2 aromatic heterocycles. The first-order chi connectivity index (χ1) is 25.5. The zero-order valence-corrected chi connectivity index (χ0v) is 29.4. The van der Waals surface area contributed by atoms with Gasteiger partial charge < -0.3 is 9.47 Å². The number of ether oxygens (including phenoxy) is 2. The van der Waals surface area contributed by atoms with Gasteiger partial charge >= 0.3 is 5.97 Å². The molecule has 7 aromatic rings. The number of methoxy groups -OCH3 is 1. The van der Waals surface area contributed by atoms with E-state index in [9.17, 15) is 4.79 Å². The fourth-order valence-corrected chi connectivity index (χ4v) is 6.88. The molecule has 0 aliphatic carbocycles. The van der Waals surface area contributed by atoms with Crippen molar-refractivity contribution in [3.8, 4) is 28.3 Å². The van der Waals surface area contributed by atoms with Crippen LogP contribution >= 0.6 is 0 Å². The molecule has 2 heterocycles. The first-order valence-electron chi connectivity index (χ1n) is 17.4. The Bertz CT molecular complexity index is 2190. The Kier molecular flexibility index (Phi) is 9.97. The van der Waals surface area contributed by atoms with Crippen molar-refractivity contribution in [2.24, 2.45) is 0 Å². The summed E-state index contributed by atoms with van der Waals surface area (Å²) in [5, 5.41) is 14.7. The average Bonchev–Trinajstić information content (AvgIpc) is 3.69. The highest BCUT2D eigenvalue weighted by atomic mass is 16.5. The highest BCUT2D eigenvalue weighted by molar-refractivity contribution is 5.93. The van der Waals surface area contributed by atoms with Gasteiger partial charge in [-0.25, -0.2) is 4.79 Å². The predicted molar refractivity (Wildman–Crippen MR) is 202 cm³/mol. The minimum atomic E-state index is -0.896. The van der Waals surface area contributed by atoms with Crippen LogP contribution in [0, 0.1) is 6.92 Å². The summed E-state index contributed by atoms with van der Waals surface area (Å²) in [4.78, 5) is 19.2.